The number of amides is 1. The number of fused-ring (bicyclic) bond motifs is 3. The molecule has 0 unspecified atom stereocenters. The second-order valence-electron chi connectivity index (χ2n) is 6.89. The van der Waals surface area contributed by atoms with E-state index in [1.807, 2.05) is 18.2 Å². The van der Waals surface area contributed by atoms with Gasteiger partial charge < -0.3 is 30.0 Å². The Morgan fingerprint density at radius 3 is 2.61 bits per heavy atom. The number of ether oxygens (including phenoxy) is 4. The second kappa shape index (κ2) is 7.51. The van der Waals surface area contributed by atoms with Crippen molar-refractivity contribution in [3.8, 4) is 23.0 Å². The third-order valence-corrected chi connectivity index (χ3v) is 6.15. The molecule has 0 saturated heterocycles. The molecule has 0 radical (unpaired) electrons. The van der Waals surface area contributed by atoms with Crippen molar-refractivity contribution < 1.29 is 23.7 Å². The van der Waals surface area contributed by atoms with Gasteiger partial charge in [-0.1, -0.05) is 0 Å². The minimum absolute atomic E-state index is 0.345. The predicted molar refractivity (Wildman–Crippen MR) is 120 cm³/mol. The molecule has 0 atom stereocenters. The highest BCUT2D eigenvalue weighted by Gasteiger charge is 2.21. The molecule has 0 spiro atoms. The topological polar surface area (TPSA) is 105 Å². The molecular weight excluding hydrogens is 418 g/mol. The van der Waals surface area contributed by atoms with E-state index in [4.69, 9.17) is 29.7 Å². The molecule has 3 N–H and O–H groups in total. The van der Waals surface area contributed by atoms with Crippen LogP contribution in [-0.2, 0) is 0 Å². The van der Waals surface area contributed by atoms with Crippen molar-refractivity contribution in [2.75, 3.05) is 38.5 Å². The van der Waals surface area contributed by atoms with Crippen LogP contribution in [0.25, 0.3) is 21.1 Å². The number of anilines is 2. The van der Waals surface area contributed by atoms with E-state index in [0.29, 0.717) is 57.3 Å². The summed E-state index contributed by atoms with van der Waals surface area (Å²) in [7, 11) is 3.09. The summed E-state index contributed by atoms with van der Waals surface area (Å²) in [6.07, 6.45) is 0. The van der Waals surface area contributed by atoms with Crippen LogP contribution in [0.5, 0.6) is 23.0 Å². The molecule has 1 aliphatic rings. The summed E-state index contributed by atoms with van der Waals surface area (Å²) in [5.74, 6) is 2.11. The van der Waals surface area contributed by atoms with Gasteiger partial charge in [0.2, 0.25) is 0 Å². The molecule has 3 heterocycles. The minimum atomic E-state index is -0.345. The maximum absolute atomic E-state index is 13.0. The zero-order valence-electron chi connectivity index (χ0n) is 16.9. The fourth-order valence-electron chi connectivity index (χ4n) is 3.50. The van der Waals surface area contributed by atoms with Crippen LogP contribution in [0.3, 0.4) is 0 Å². The number of nitrogens with two attached hydrogens (primary N) is 1. The lowest BCUT2D eigenvalue weighted by molar-refractivity contribution is 0.103. The van der Waals surface area contributed by atoms with E-state index in [1.165, 1.54) is 18.4 Å². The van der Waals surface area contributed by atoms with Crippen LogP contribution in [0.4, 0.5) is 11.4 Å². The van der Waals surface area contributed by atoms with E-state index in [-0.39, 0.29) is 5.91 Å². The van der Waals surface area contributed by atoms with Crippen LogP contribution in [0.1, 0.15) is 9.67 Å². The highest BCUT2D eigenvalue weighted by Crippen LogP contribution is 2.39. The number of pyridine rings is 1. The van der Waals surface area contributed by atoms with Crippen LogP contribution in [-0.4, -0.2) is 38.3 Å². The number of thiophene rings is 1. The first-order chi connectivity index (χ1) is 15.1. The lowest BCUT2D eigenvalue weighted by Crippen LogP contribution is -2.15. The van der Waals surface area contributed by atoms with Gasteiger partial charge in [0.1, 0.15) is 34.4 Å². The van der Waals surface area contributed by atoms with E-state index < -0.39 is 0 Å². The van der Waals surface area contributed by atoms with Gasteiger partial charge >= 0.3 is 0 Å². The van der Waals surface area contributed by atoms with Crippen LogP contribution in [0.2, 0.25) is 0 Å². The summed E-state index contributed by atoms with van der Waals surface area (Å²) < 4.78 is 21.9. The number of hydrogen-bond donors (Lipinski definition) is 2. The number of aromatic nitrogens is 1. The average molecular weight is 437 g/mol. The van der Waals surface area contributed by atoms with Gasteiger partial charge in [-0.3, -0.25) is 4.79 Å². The predicted octanol–water partition coefficient (Wildman–Crippen LogP) is 4.07. The number of carbonyl (C=O) groups excluding carboxylic acids is 1. The second-order valence-corrected chi connectivity index (χ2v) is 7.89. The van der Waals surface area contributed by atoms with Gasteiger partial charge in [-0.05, 0) is 24.3 Å². The van der Waals surface area contributed by atoms with Crippen molar-refractivity contribution >= 4 is 49.7 Å². The zero-order chi connectivity index (χ0) is 21.5. The van der Waals surface area contributed by atoms with Crippen LogP contribution >= 0.6 is 11.3 Å². The van der Waals surface area contributed by atoms with Gasteiger partial charge in [0.15, 0.2) is 11.5 Å². The van der Waals surface area contributed by atoms with E-state index in [9.17, 15) is 4.79 Å². The van der Waals surface area contributed by atoms with Gasteiger partial charge in [0.25, 0.3) is 5.91 Å². The third kappa shape index (κ3) is 3.32. The summed E-state index contributed by atoms with van der Waals surface area (Å²) in [5.41, 5.74) is 7.96. The van der Waals surface area contributed by atoms with E-state index in [0.717, 1.165) is 16.3 Å². The van der Waals surface area contributed by atoms with E-state index >= 15 is 0 Å². The Bertz CT molecular complexity index is 1330. The minimum Gasteiger partial charge on any atom is -0.497 e. The van der Waals surface area contributed by atoms with Crippen molar-refractivity contribution in [3.63, 3.8) is 0 Å². The molecule has 0 fully saturated rings. The maximum Gasteiger partial charge on any atom is 0.268 e. The molecule has 4 aromatic rings. The number of hydrogen-bond acceptors (Lipinski definition) is 8. The lowest BCUT2D eigenvalue weighted by Gasteiger charge is -2.18. The molecule has 2 aromatic heterocycles. The lowest BCUT2D eigenvalue weighted by atomic mass is 10.1. The molecular formula is C22H19N3O5S. The van der Waals surface area contributed by atoms with Crippen molar-refractivity contribution in [1.29, 1.82) is 0 Å². The number of methoxy groups -OCH3 is 2. The fraction of sp³-hybridized carbons (Fsp3) is 0.182. The summed E-state index contributed by atoms with van der Waals surface area (Å²) in [4.78, 5) is 18.8. The number of rotatable bonds is 4. The monoisotopic (exact) mass is 437 g/mol. The molecule has 1 aliphatic heterocycles. The molecule has 31 heavy (non-hydrogen) atoms. The molecule has 8 nitrogen and oxygen atoms in total. The third-order valence-electron chi connectivity index (χ3n) is 5.04. The first-order valence-electron chi connectivity index (χ1n) is 9.53. The molecule has 0 bridgehead atoms. The Kier molecular flexibility index (Phi) is 4.67. The van der Waals surface area contributed by atoms with Gasteiger partial charge in [-0.2, -0.15) is 0 Å². The van der Waals surface area contributed by atoms with Gasteiger partial charge in [0.05, 0.1) is 31.1 Å². The molecule has 1 amide bonds. The molecule has 2 aromatic carbocycles. The smallest absolute Gasteiger partial charge is 0.268 e. The van der Waals surface area contributed by atoms with Gasteiger partial charge in [-0.25, -0.2) is 4.98 Å². The Hall–Kier alpha value is -3.72. The molecule has 0 aliphatic carbocycles. The number of nitrogens with zero attached hydrogens (tertiary/aromatic N) is 1. The summed E-state index contributed by atoms with van der Waals surface area (Å²) in [6, 6.07) is 10.8. The van der Waals surface area contributed by atoms with Crippen molar-refractivity contribution in [2.45, 2.75) is 0 Å². The highest BCUT2D eigenvalue weighted by molar-refractivity contribution is 7.21. The van der Waals surface area contributed by atoms with Gasteiger partial charge in [-0.15, -0.1) is 11.3 Å². The Morgan fingerprint density at radius 1 is 1.10 bits per heavy atom. The van der Waals surface area contributed by atoms with E-state index in [1.54, 1.807) is 25.3 Å². The maximum atomic E-state index is 13.0. The number of carbonyl (C=O) groups is 1. The zero-order valence-corrected chi connectivity index (χ0v) is 17.7. The Labute approximate surface area is 181 Å². The quantitative estimate of drug-likeness (QED) is 0.496. The SMILES string of the molecule is COc1ccc(OC)c(NC(=O)c2sc3nc4cc5c(cc4cc3c2N)OCCO5)c1. The van der Waals surface area contributed by atoms with Crippen molar-refractivity contribution in [3.05, 3.63) is 41.3 Å². The van der Waals surface area contributed by atoms with Crippen molar-refractivity contribution in [1.82, 2.24) is 4.98 Å². The average Bonchev–Trinajstić information content (AvgIpc) is 3.11. The van der Waals surface area contributed by atoms with Crippen LogP contribution < -0.4 is 30.0 Å². The standard InChI is InChI=1S/C22H19N3O5S/c1-27-12-3-4-16(28-2)15(9-12)24-21(26)20-19(23)13-7-11-8-17-18(30-6-5-29-17)10-14(11)25-22(13)31-20/h3-4,7-10H,5-6,23H2,1-2H3,(H,24,26). The number of benzene rings is 2. The summed E-state index contributed by atoms with van der Waals surface area (Å²) in [6.45, 7) is 1.01. The molecule has 9 heteroatoms. The van der Waals surface area contributed by atoms with Crippen LogP contribution in [0, 0.1) is 0 Å². The largest absolute Gasteiger partial charge is 0.497 e. The molecule has 158 valence electrons. The van der Waals surface area contributed by atoms with Crippen LogP contribution in [0.15, 0.2) is 36.4 Å². The van der Waals surface area contributed by atoms with Crippen molar-refractivity contribution in [2.24, 2.45) is 0 Å². The number of nitrogen functional groups attached to an aromatic ring is 1. The summed E-state index contributed by atoms with van der Waals surface area (Å²) in [5, 5.41) is 4.44. The Morgan fingerprint density at radius 2 is 1.87 bits per heavy atom. The highest BCUT2D eigenvalue weighted by atomic mass is 32.1. The first kappa shape index (κ1) is 19.3. The van der Waals surface area contributed by atoms with Gasteiger partial charge in [0, 0.05) is 22.9 Å². The first-order valence-corrected chi connectivity index (χ1v) is 10.3. The molecule has 0 saturated carbocycles. The number of nitrogens with one attached hydrogen (secondary N) is 1. The fourth-order valence-corrected chi connectivity index (χ4v) is 4.48. The Balaban J connectivity index is 1.55. The molecule has 5 rings (SSSR count). The van der Waals surface area contributed by atoms with E-state index in [2.05, 4.69) is 5.32 Å². The normalized spacial score (nSPS) is 12.7. The summed E-state index contributed by atoms with van der Waals surface area (Å²) >= 11 is 1.23.